The highest BCUT2D eigenvalue weighted by Crippen LogP contribution is 2.18. The van der Waals surface area contributed by atoms with E-state index in [2.05, 4.69) is 29.4 Å². The number of carbonyl (C=O) groups is 1. The minimum atomic E-state index is -1.05. The van der Waals surface area contributed by atoms with Crippen LogP contribution in [0.3, 0.4) is 0 Å². The van der Waals surface area contributed by atoms with Gasteiger partial charge < -0.3 is 20.6 Å². The number of aliphatic hydroxyl groups excluding tert-OH is 1. The average Bonchev–Trinajstić information content (AvgIpc) is 2.58. The molecule has 0 radical (unpaired) electrons. The van der Waals surface area contributed by atoms with Gasteiger partial charge in [-0.15, -0.1) is 0 Å². The van der Waals surface area contributed by atoms with E-state index in [1.165, 1.54) is 12.1 Å². The van der Waals surface area contributed by atoms with Crippen LogP contribution in [0.25, 0.3) is 0 Å². The zero-order chi connectivity index (χ0) is 17.5. The summed E-state index contributed by atoms with van der Waals surface area (Å²) in [5, 5.41) is 15.4. The molecule has 0 aromatic heterocycles. The smallest absolute Gasteiger partial charge is 0.314 e. The molecular weight excluding hydrogens is 309 g/mol. The van der Waals surface area contributed by atoms with Gasteiger partial charge in [0.1, 0.15) is 5.82 Å². The zero-order valence-electron chi connectivity index (χ0n) is 14.5. The van der Waals surface area contributed by atoms with Crippen LogP contribution in [0.1, 0.15) is 38.4 Å². The first-order chi connectivity index (χ1) is 11.5. The van der Waals surface area contributed by atoms with Crippen molar-refractivity contribution < 1.29 is 14.3 Å². The minimum Gasteiger partial charge on any atom is -0.386 e. The molecule has 1 heterocycles. The fourth-order valence-electron chi connectivity index (χ4n) is 3.08. The van der Waals surface area contributed by atoms with E-state index < -0.39 is 11.9 Å². The Bertz CT molecular complexity index is 539. The van der Waals surface area contributed by atoms with Gasteiger partial charge in [-0.2, -0.15) is 0 Å². The van der Waals surface area contributed by atoms with Crippen LogP contribution < -0.4 is 10.6 Å². The van der Waals surface area contributed by atoms with E-state index in [4.69, 9.17) is 0 Å². The lowest BCUT2D eigenvalue weighted by Gasteiger charge is -2.35. The van der Waals surface area contributed by atoms with Crippen molar-refractivity contribution in [1.29, 1.82) is 0 Å². The lowest BCUT2D eigenvalue weighted by molar-refractivity contribution is 0.138. The molecule has 1 aromatic carbocycles. The molecular formula is C18H28FN3O2. The number of likely N-dealkylation sites (tertiary alicyclic amines) is 1. The van der Waals surface area contributed by atoms with Crippen LogP contribution in [0.2, 0.25) is 0 Å². The maximum absolute atomic E-state index is 13.6. The van der Waals surface area contributed by atoms with Crippen molar-refractivity contribution in [2.24, 2.45) is 5.92 Å². The average molecular weight is 337 g/mol. The molecule has 2 unspecified atom stereocenters. The predicted octanol–water partition coefficient (Wildman–Crippen LogP) is 2.28. The van der Waals surface area contributed by atoms with Gasteiger partial charge in [-0.25, -0.2) is 9.18 Å². The number of piperidine rings is 1. The summed E-state index contributed by atoms with van der Waals surface area (Å²) in [4.78, 5) is 14.3. The molecule has 1 aromatic rings. The van der Waals surface area contributed by atoms with E-state index in [9.17, 15) is 14.3 Å². The molecule has 1 aliphatic heterocycles. The third-order valence-corrected chi connectivity index (χ3v) is 4.55. The largest absolute Gasteiger partial charge is 0.386 e. The second-order valence-corrected chi connectivity index (χ2v) is 6.73. The number of amides is 2. The van der Waals surface area contributed by atoms with Crippen molar-refractivity contribution in [3.63, 3.8) is 0 Å². The van der Waals surface area contributed by atoms with Crippen molar-refractivity contribution in [2.45, 2.75) is 38.8 Å². The molecule has 0 bridgehead atoms. The summed E-state index contributed by atoms with van der Waals surface area (Å²) in [6.45, 7) is 7.09. The Morgan fingerprint density at radius 2 is 2.12 bits per heavy atom. The third kappa shape index (κ3) is 5.46. The van der Waals surface area contributed by atoms with Crippen LogP contribution >= 0.6 is 0 Å². The highest BCUT2D eigenvalue weighted by molar-refractivity contribution is 5.73. The molecule has 1 fully saturated rings. The quantitative estimate of drug-likeness (QED) is 0.746. The van der Waals surface area contributed by atoms with Crippen LogP contribution in [0, 0.1) is 11.7 Å². The molecule has 24 heavy (non-hydrogen) atoms. The van der Waals surface area contributed by atoms with Crippen LogP contribution in [-0.2, 0) is 0 Å². The molecule has 2 amide bonds. The van der Waals surface area contributed by atoms with Gasteiger partial charge in [-0.1, -0.05) is 18.2 Å². The molecule has 1 aliphatic rings. The molecule has 2 atom stereocenters. The van der Waals surface area contributed by atoms with Crippen LogP contribution in [0.15, 0.2) is 24.3 Å². The van der Waals surface area contributed by atoms with Crippen LogP contribution in [0.5, 0.6) is 0 Å². The van der Waals surface area contributed by atoms with Gasteiger partial charge in [0.15, 0.2) is 0 Å². The highest BCUT2D eigenvalue weighted by atomic mass is 19.1. The van der Waals surface area contributed by atoms with Crippen molar-refractivity contribution in [2.75, 3.05) is 26.2 Å². The molecule has 2 rings (SSSR count). The Hall–Kier alpha value is -1.66. The number of urea groups is 1. The normalized spacial score (nSPS) is 20.0. The maximum atomic E-state index is 13.6. The summed E-state index contributed by atoms with van der Waals surface area (Å²) in [5.41, 5.74) is 0.192. The summed E-state index contributed by atoms with van der Waals surface area (Å²) in [7, 11) is 0. The number of halogens is 1. The Labute approximate surface area is 143 Å². The molecule has 1 saturated heterocycles. The van der Waals surface area contributed by atoms with Crippen LogP contribution in [0.4, 0.5) is 9.18 Å². The van der Waals surface area contributed by atoms with E-state index >= 15 is 0 Å². The summed E-state index contributed by atoms with van der Waals surface area (Å²) in [6.07, 6.45) is 1.21. The number of nitrogens with zero attached hydrogens (tertiary/aromatic N) is 1. The topological polar surface area (TPSA) is 64.6 Å². The molecule has 6 heteroatoms. The fraction of sp³-hybridized carbons (Fsp3) is 0.611. The lowest BCUT2D eigenvalue weighted by Crippen LogP contribution is -2.46. The fourth-order valence-corrected chi connectivity index (χ4v) is 3.08. The first-order valence-electron chi connectivity index (χ1n) is 8.65. The first kappa shape index (κ1) is 18.7. The van der Waals surface area contributed by atoms with Gasteiger partial charge in [-0.3, -0.25) is 0 Å². The molecule has 5 nitrogen and oxygen atoms in total. The Morgan fingerprint density at radius 3 is 2.83 bits per heavy atom. The van der Waals surface area contributed by atoms with E-state index in [-0.39, 0.29) is 18.1 Å². The van der Waals surface area contributed by atoms with Crippen molar-refractivity contribution >= 4 is 6.03 Å². The van der Waals surface area contributed by atoms with Crippen LogP contribution in [-0.4, -0.2) is 48.3 Å². The second-order valence-electron chi connectivity index (χ2n) is 6.73. The monoisotopic (exact) mass is 337 g/mol. The van der Waals surface area contributed by atoms with E-state index in [1.54, 1.807) is 12.1 Å². The minimum absolute atomic E-state index is 0.0183. The third-order valence-electron chi connectivity index (χ3n) is 4.55. The van der Waals surface area contributed by atoms with E-state index in [0.29, 0.717) is 18.5 Å². The molecule has 3 N–H and O–H groups in total. The maximum Gasteiger partial charge on any atom is 0.314 e. The predicted molar refractivity (Wildman–Crippen MR) is 92.2 cm³/mol. The number of nitrogens with one attached hydrogen (secondary N) is 2. The molecule has 0 spiro atoms. The lowest BCUT2D eigenvalue weighted by atomic mass is 9.97. The van der Waals surface area contributed by atoms with Gasteiger partial charge in [0.05, 0.1) is 6.10 Å². The Kier molecular flexibility index (Phi) is 6.99. The number of hydrogen-bond donors (Lipinski definition) is 3. The Balaban J connectivity index is 1.71. The zero-order valence-corrected chi connectivity index (χ0v) is 14.5. The van der Waals surface area contributed by atoms with Gasteiger partial charge in [0.25, 0.3) is 0 Å². The number of rotatable bonds is 6. The molecule has 0 saturated carbocycles. The summed E-state index contributed by atoms with van der Waals surface area (Å²) < 4.78 is 13.6. The van der Waals surface area contributed by atoms with Gasteiger partial charge in [-0.05, 0) is 45.2 Å². The highest BCUT2D eigenvalue weighted by Gasteiger charge is 2.22. The van der Waals surface area contributed by atoms with Crippen molar-refractivity contribution in [3.8, 4) is 0 Å². The molecule has 134 valence electrons. The van der Waals surface area contributed by atoms with Gasteiger partial charge >= 0.3 is 6.03 Å². The second kappa shape index (κ2) is 8.99. The summed E-state index contributed by atoms with van der Waals surface area (Å²) in [6, 6.07) is 6.23. The van der Waals surface area contributed by atoms with E-state index in [0.717, 1.165) is 25.9 Å². The SMILES string of the molecule is CC(C)N1CCCC(CNC(=O)NCC(O)c2ccccc2F)C1. The standard InChI is InChI=1S/C18H28FN3O2/c1-13(2)22-9-5-6-14(12-22)10-20-18(24)21-11-17(23)15-7-3-4-8-16(15)19/h3-4,7-8,13-14,17,23H,5-6,9-12H2,1-2H3,(H2,20,21,24). The van der Waals surface area contributed by atoms with Gasteiger partial charge in [0, 0.05) is 31.2 Å². The summed E-state index contributed by atoms with van der Waals surface area (Å²) in [5.74, 6) is -0.0217. The van der Waals surface area contributed by atoms with Gasteiger partial charge in [0.2, 0.25) is 0 Å². The van der Waals surface area contributed by atoms with Crippen molar-refractivity contribution in [3.05, 3.63) is 35.6 Å². The Morgan fingerprint density at radius 1 is 1.38 bits per heavy atom. The number of benzene rings is 1. The van der Waals surface area contributed by atoms with E-state index in [1.807, 2.05) is 0 Å². The first-order valence-corrected chi connectivity index (χ1v) is 8.65. The number of aliphatic hydroxyl groups is 1. The number of carbonyl (C=O) groups excluding carboxylic acids is 1. The number of hydrogen-bond acceptors (Lipinski definition) is 3. The molecule has 0 aliphatic carbocycles. The summed E-state index contributed by atoms with van der Waals surface area (Å²) >= 11 is 0. The van der Waals surface area contributed by atoms with Crippen molar-refractivity contribution in [1.82, 2.24) is 15.5 Å².